The van der Waals surface area contributed by atoms with Crippen molar-refractivity contribution >= 4 is 49.9 Å². The molecule has 10 heteroatoms. The highest BCUT2D eigenvalue weighted by atomic mass is 79.9. The van der Waals surface area contributed by atoms with E-state index in [0.717, 1.165) is 0 Å². The van der Waals surface area contributed by atoms with Gasteiger partial charge in [-0.2, -0.15) is 0 Å². The zero-order chi connectivity index (χ0) is 16.3. The minimum atomic E-state index is -2.72. The molecule has 22 heavy (non-hydrogen) atoms. The van der Waals surface area contributed by atoms with Crippen LogP contribution >= 0.6 is 38.9 Å². The van der Waals surface area contributed by atoms with Gasteiger partial charge in [-0.25, -0.2) is 8.78 Å². The summed E-state index contributed by atoms with van der Waals surface area (Å²) in [4.78, 5) is 11.9. The van der Waals surface area contributed by atoms with Gasteiger partial charge in [-0.05, 0) is 41.1 Å². The predicted molar refractivity (Wildman–Crippen MR) is 82.7 cm³/mol. The highest BCUT2D eigenvalue weighted by molar-refractivity contribution is 9.10. The van der Waals surface area contributed by atoms with Gasteiger partial charge in [-0.1, -0.05) is 22.9 Å². The lowest BCUT2D eigenvalue weighted by atomic mass is 10.3. The Morgan fingerprint density at radius 2 is 2.18 bits per heavy atom. The molecule has 1 amide bonds. The molecule has 0 spiro atoms. The molecule has 1 unspecified atom stereocenters. The van der Waals surface area contributed by atoms with E-state index < -0.39 is 23.4 Å². The maximum Gasteiger partial charge on any atom is 0.291 e. The summed E-state index contributed by atoms with van der Waals surface area (Å²) in [6.45, 7) is 1.52. The summed E-state index contributed by atoms with van der Waals surface area (Å²) in [6, 6.07) is 4.85. The van der Waals surface area contributed by atoms with Crippen LogP contribution in [0.2, 0.25) is 5.02 Å². The first kappa shape index (κ1) is 17.0. The number of benzene rings is 1. The minimum Gasteiger partial charge on any atom is -0.480 e. The lowest BCUT2D eigenvalue weighted by Gasteiger charge is -2.14. The van der Waals surface area contributed by atoms with Crippen molar-refractivity contribution in [3.8, 4) is 5.75 Å². The molecule has 0 saturated heterocycles. The minimum absolute atomic E-state index is 0.00841. The Kier molecular flexibility index (Phi) is 5.65. The highest BCUT2D eigenvalue weighted by Crippen LogP contribution is 2.29. The average Bonchev–Trinajstić information content (AvgIpc) is 2.90. The molecule has 118 valence electrons. The van der Waals surface area contributed by atoms with Crippen molar-refractivity contribution in [2.75, 3.05) is 5.32 Å². The van der Waals surface area contributed by atoms with Gasteiger partial charge in [0.25, 0.3) is 12.3 Å². The monoisotopic (exact) mass is 411 g/mol. The second-order valence-corrected chi connectivity index (χ2v) is 6.37. The van der Waals surface area contributed by atoms with E-state index in [0.29, 0.717) is 26.6 Å². The smallest absolute Gasteiger partial charge is 0.291 e. The Labute approximate surface area is 141 Å². The van der Waals surface area contributed by atoms with Crippen LogP contribution in [0, 0.1) is 0 Å². The second-order valence-electron chi connectivity index (χ2n) is 4.07. The average molecular weight is 413 g/mol. The van der Waals surface area contributed by atoms with Gasteiger partial charge in [-0.3, -0.25) is 10.1 Å². The topological polar surface area (TPSA) is 64.1 Å². The molecule has 0 fully saturated rings. The number of amides is 1. The molecule has 0 bridgehead atoms. The molecule has 0 saturated carbocycles. The third-order valence-corrected chi connectivity index (χ3v) is 4.13. The summed E-state index contributed by atoms with van der Waals surface area (Å²) in [5.74, 6) is -0.101. The fraction of sp³-hybridized carbons (Fsp3) is 0.250. The summed E-state index contributed by atoms with van der Waals surface area (Å²) in [6.07, 6.45) is -3.58. The number of hydrogen-bond donors (Lipinski definition) is 1. The molecule has 2 aromatic rings. The first-order valence-electron chi connectivity index (χ1n) is 5.91. The molecular formula is C12H9BrClF2N3O2S. The maximum absolute atomic E-state index is 12.4. The number of carbonyl (C=O) groups is 1. The van der Waals surface area contributed by atoms with Gasteiger partial charge < -0.3 is 4.74 Å². The van der Waals surface area contributed by atoms with Crippen molar-refractivity contribution in [1.29, 1.82) is 0 Å². The first-order chi connectivity index (χ1) is 10.4. The van der Waals surface area contributed by atoms with Crippen LogP contribution in [-0.2, 0) is 4.79 Å². The van der Waals surface area contributed by atoms with Crippen LogP contribution < -0.4 is 10.1 Å². The number of rotatable bonds is 5. The fourth-order valence-corrected chi connectivity index (χ4v) is 2.77. The number of nitrogens with zero attached hydrogens (tertiary/aromatic N) is 2. The molecule has 5 nitrogen and oxygen atoms in total. The van der Waals surface area contributed by atoms with Crippen LogP contribution in [0.4, 0.5) is 13.9 Å². The van der Waals surface area contributed by atoms with E-state index in [1.165, 1.54) is 6.92 Å². The molecule has 1 heterocycles. The standard InChI is InChI=1S/C12H9BrClF2N3O2S/c1-5(21-8-3-2-6(14)4-7(8)13)10(20)17-12-19-18-11(22-12)9(15)16/h2-5,9H,1H3,(H,17,19,20). The van der Waals surface area contributed by atoms with Crippen LogP contribution in [0.15, 0.2) is 22.7 Å². The highest BCUT2D eigenvalue weighted by Gasteiger charge is 2.20. The van der Waals surface area contributed by atoms with E-state index in [2.05, 4.69) is 31.4 Å². The van der Waals surface area contributed by atoms with Gasteiger partial charge in [0.05, 0.1) is 4.47 Å². The molecule has 0 aliphatic heterocycles. The van der Waals surface area contributed by atoms with Gasteiger partial charge in [0.15, 0.2) is 11.1 Å². The van der Waals surface area contributed by atoms with Crippen molar-refractivity contribution in [3.05, 3.63) is 32.7 Å². The van der Waals surface area contributed by atoms with Gasteiger partial charge in [0.1, 0.15) is 5.75 Å². The van der Waals surface area contributed by atoms with Crippen molar-refractivity contribution in [1.82, 2.24) is 10.2 Å². The van der Waals surface area contributed by atoms with E-state index in [-0.39, 0.29) is 5.13 Å². The van der Waals surface area contributed by atoms with Crippen LogP contribution in [-0.4, -0.2) is 22.2 Å². The van der Waals surface area contributed by atoms with Crippen LogP contribution in [0.3, 0.4) is 0 Å². The van der Waals surface area contributed by atoms with Crippen LogP contribution in [0.25, 0.3) is 0 Å². The Bertz CT molecular complexity index is 686. The van der Waals surface area contributed by atoms with E-state index in [1.807, 2.05) is 0 Å². The molecule has 1 aromatic carbocycles. The predicted octanol–water partition coefficient (Wildman–Crippen LogP) is 4.30. The zero-order valence-corrected chi connectivity index (χ0v) is 14.2. The summed E-state index contributed by atoms with van der Waals surface area (Å²) in [5.41, 5.74) is 0. The molecule has 0 aliphatic carbocycles. The number of halogens is 4. The lowest BCUT2D eigenvalue weighted by molar-refractivity contribution is -0.122. The first-order valence-corrected chi connectivity index (χ1v) is 7.89. The van der Waals surface area contributed by atoms with E-state index in [4.69, 9.17) is 16.3 Å². The molecule has 1 N–H and O–H groups in total. The Morgan fingerprint density at radius 1 is 1.45 bits per heavy atom. The van der Waals surface area contributed by atoms with Gasteiger partial charge >= 0.3 is 0 Å². The van der Waals surface area contributed by atoms with Crippen molar-refractivity contribution in [2.24, 2.45) is 0 Å². The van der Waals surface area contributed by atoms with Gasteiger partial charge in [0, 0.05) is 5.02 Å². The van der Waals surface area contributed by atoms with Crippen molar-refractivity contribution in [2.45, 2.75) is 19.5 Å². The lowest BCUT2D eigenvalue weighted by Crippen LogP contribution is -2.30. The Hall–Kier alpha value is -1.32. The number of nitrogens with one attached hydrogen (secondary N) is 1. The normalized spacial score (nSPS) is 12.3. The summed E-state index contributed by atoms with van der Waals surface area (Å²) in [5, 5.41) is 9.18. The third-order valence-electron chi connectivity index (χ3n) is 2.42. The summed E-state index contributed by atoms with van der Waals surface area (Å²) < 4.78 is 30.9. The SMILES string of the molecule is CC(Oc1ccc(Cl)cc1Br)C(=O)Nc1nnc(C(F)F)s1. The number of alkyl halides is 2. The molecule has 0 aliphatic rings. The molecule has 1 aromatic heterocycles. The maximum atomic E-state index is 12.4. The quantitative estimate of drug-likeness (QED) is 0.795. The van der Waals surface area contributed by atoms with Crippen LogP contribution in [0.5, 0.6) is 5.75 Å². The van der Waals surface area contributed by atoms with E-state index in [1.54, 1.807) is 18.2 Å². The van der Waals surface area contributed by atoms with E-state index >= 15 is 0 Å². The Morgan fingerprint density at radius 3 is 2.77 bits per heavy atom. The molecule has 1 atom stereocenters. The van der Waals surface area contributed by atoms with Gasteiger partial charge in [-0.15, -0.1) is 10.2 Å². The fourth-order valence-electron chi connectivity index (χ4n) is 1.40. The number of ether oxygens (including phenoxy) is 1. The number of hydrogen-bond acceptors (Lipinski definition) is 5. The number of carbonyl (C=O) groups excluding carboxylic acids is 1. The van der Waals surface area contributed by atoms with E-state index in [9.17, 15) is 13.6 Å². The van der Waals surface area contributed by atoms with Gasteiger partial charge in [0.2, 0.25) is 5.13 Å². The van der Waals surface area contributed by atoms with Crippen molar-refractivity contribution < 1.29 is 18.3 Å². The third kappa shape index (κ3) is 4.34. The Balaban J connectivity index is 1.99. The molecular weight excluding hydrogens is 404 g/mol. The molecule has 0 radical (unpaired) electrons. The number of aromatic nitrogens is 2. The zero-order valence-electron chi connectivity index (χ0n) is 11.0. The largest absolute Gasteiger partial charge is 0.480 e. The van der Waals surface area contributed by atoms with Crippen molar-refractivity contribution in [3.63, 3.8) is 0 Å². The summed E-state index contributed by atoms with van der Waals surface area (Å²) in [7, 11) is 0. The molecule has 2 rings (SSSR count). The number of anilines is 1. The van der Waals surface area contributed by atoms with Crippen LogP contribution in [0.1, 0.15) is 18.4 Å². The summed E-state index contributed by atoms with van der Waals surface area (Å²) >= 11 is 9.69. The second kappa shape index (κ2) is 7.30.